The normalized spacial score (nSPS) is 17.8. The van der Waals surface area contributed by atoms with E-state index in [0.29, 0.717) is 23.0 Å². The molecule has 36 heavy (non-hydrogen) atoms. The topological polar surface area (TPSA) is 67.2 Å². The van der Waals surface area contributed by atoms with Crippen LogP contribution < -0.4 is 10.9 Å². The number of anilines is 1. The first-order valence-corrected chi connectivity index (χ1v) is 12.6. The molecular formula is C30H42N4O2. The summed E-state index contributed by atoms with van der Waals surface area (Å²) in [5.41, 5.74) is 2.35. The number of carbonyl (C=O) groups excluding carboxylic acids is 1. The largest absolute Gasteiger partial charge is 0.363 e. The average Bonchev–Trinajstić information content (AvgIpc) is 2.86. The SMILES string of the molecule is C=C/C=C(\C=C/C)C(C)C(C)(C)CN1CCC(Nc2nccn(/C(C)=C/C=C(\C=C)C=O)c2=O)CC1. The Kier molecular flexibility index (Phi) is 11.1. The van der Waals surface area contributed by atoms with Crippen LogP contribution in [0.1, 0.15) is 47.5 Å². The average molecular weight is 491 g/mol. The summed E-state index contributed by atoms with van der Waals surface area (Å²) in [6, 6.07) is 0.198. The lowest BCUT2D eigenvalue weighted by Crippen LogP contribution is -2.45. The minimum Gasteiger partial charge on any atom is -0.363 e. The van der Waals surface area contributed by atoms with Gasteiger partial charge in [0.25, 0.3) is 5.56 Å². The van der Waals surface area contributed by atoms with Crippen molar-refractivity contribution in [3.8, 4) is 0 Å². The summed E-state index contributed by atoms with van der Waals surface area (Å²) in [5.74, 6) is 0.751. The van der Waals surface area contributed by atoms with Gasteiger partial charge in [-0.05, 0) is 55.7 Å². The third kappa shape index (κ3) is 7.89. The summed E-state index contributed by atoms with van der Waals surface area (Å²) in [5, 5.41) is 3.37. The van der Waals surface area contributed by atoms with Crippen molar-refractivity contribution in [2.45, 2.75) is 53.5 Å². The third-order valence-electron chi connectivity index (χ3n) is 7.01. The molecule has 0 amide bonds. The van der Waals surface area contributed by atoms with Crippen molar-refractivity contribution in [2.75, 3.05) is 25.0 Å². The number of nitrogens with one attached hydrogen (secondary N) is 1. The predicted octanol–water partition coefficient (Wildman–Crippen LogP) is 5.64. The second kappa shape index (κ2) is 13.7. The van der Waals surface area contributed by atoms with Crippen LogP contribution >= 0.6 is 0 Å². The summed E-state index contributed by atoms with van der Waals surface area (Å²) in [6.45, 7) is 21.2. The van der Waals surface area contributed by atoms with E-state index in [-0.39, 0.29) is 17.0 Å². The summed E-state index contributed by atoms with van der Waals surface area (Å²) < 4.78 is 1.54. The fourth-order valence-electron chi connectivity index (χ4n) is 4.51. The number of carbonyl (C=O) groups is 1. The number of hydrogen-bond donors (Lipinski definition) is 1. The van der Waals surface area contributed by atoms with Crippen molar-refractivity contribution < 1.29 is 4.79 Å². The van der Waals surface area contributed by atoms with Gasteiger partial charge in [0.15, 0.2) is 5.82 Å². The van der Waals surface area contributed by atoms with Crippen molar-refractivity contribution in [1.29, 1.82) is 0 Å². The van der Waals surface area contributed by atoms with E-state index in [0.717, 1.165) is 38.8 Å². The van der Waals surface area contributed by atoms with Gasteiger partial charge in [0.2, 0.25) is 0 Å². The highest BCUT2D eigenvalue weighted by molar-refractivity contribution is 5.78. The maximum Gasteiger partial charge on any atom is 0.297 e. The van der Waals surface area contributed by atoms with Crippen LogP contribution in [-0.2, 0) is 4.79 Å². The number of hydrogen-bond acceptors (Lipinski definition) is 5. The van der Waals surface area contributed by atoms with E-state index in [2.05, 4.69) is 67.4 Å². The number of aldehydes is 1. The van der Waals surface area contributed by atoms with Gasteiger partial charge in [-0.3, -0.25) is 14.2 Å². The van der Waals surface area contributed by atoms with Crippen molar-refractivity contribution in [2.24, 2.45) is 11.3 Å². The Morgan fingerprint density at radius 3 is 2.53 bits per heavy atom. The Morgan fingerprint density at radius 1 is 1.25 bits per heavy atom. The van der Waals surface area contributed by atoms with Gasteiger partial charge < -0.3 is 10.2 Å². The van der Waals surface area contributed by atoms with Crippen LogP contribution in [0.15, 0.2) is 84.0 Å². The molecule has 1 atom stereocenters. The number of allylic oxidation sites excluding steroid dienone is 10. The molecule has 6 heteroatoms. The zero-order valence-corrected chi connectivity index (χ0v) is 22.5. The van der Waals surface area contributed by atoms with Gasteiger partial charge in [0, 0.05) is 49.3 Å². The van der Waals surface area contributed by atoms with Gasteiger partial charge in [0.05, 0.1) is 0 Å². The maximum atomic E-state index is 13.0. The molecule has 1 unspecified atom stereocenters. The second-order valence-corrected chi connectivity index (χ2v) is 10.1. The van der Waals surface area contributed by atoms with E-state index >= 15 is 0 Å². The summed E-state index contributed by atoms with van der Waals surface area (Å²) in [4.78, 5) is 30.8. The van der Waals surface area contributed by atoms with Crippen LogP contribution in [0.25, 0.3) is 5.70 Å². The minimum atomic E-state index is -0.200. The first kappa shape index (κ1) is 29.0. The molecule has 1 fully saturated rings. The fourth-order valence-corrected chi connectivity index (χ4v) is 4.51. The van der Waals surface area contributed by atoms with Gasteiger partial charge >= 0.3 is 0 Å². The molecule has 1 aromatic heterocycles. The maximum absolute atomic E-state index is 13.0. The quantitative estimate of drug-likeness (QED) is 0.233. The lowest BCUT2D eigenvalue weighted by Gasteiger charge is -2.41. The molecule has 194 valence electrons. The van der Waals surface area contributed by atoms with E-state index in [4.69, 9.17) is 0 Å². The van der Waals surface area contributed by atoms with E-state index in [1.807, 2.05) is 19.9 Å². The minimum absolute atomic E-state index is 0.108. The Morgan fingerprint density at radius 2 is 1.94 bits per heavy atom. The number of piperidine rings is 1. The van der Waals surface area contributed by atoms with Crippen LogP contribution in [0.2, 0.25) is 0 Å². The van der Waals surface area contributed by atoms with E-state index < -0.39 is 0 Å². The van der Waals surface area contributed by atoms with Crippen LogP contribution in [0, 0.1) is 11.3 Å². The number of aromatic nitrogens is 2. The Bertz CT molecular complexity index is 1090. The highest BCUT2D eigenvalue weighted by Crippen LogP contribution is 2.34. The molecule has 0 aromatic carbocycles. The highest BCUT2D eigenvalue weighted by atomic mass is 16.1. The molecule has 0 radical (unpaired) electrons. The monoisotopic (exact) mass is 490 g/mol. The van der Waals surface area contributed by atoms with Gasteiger partial charge in [-0.25, -0.2) is 4.98 Å². The summed E-state index contributed by atoms with van der Waals surface area (Å²) >= 11 is 0. The van der Waals surface area contributed by atoms with Crippen molar-refractivity contribution in [3.63, 3.8) is 0 Å². The summed E-state index contributed by atoms with van der Waals surface area (Å²) in [7, 11) is 0. The molecule has 0 aliphatic carbocycles. The summed E-state index contributed by atoms with van der Waals surface area (Å²) in [6.07, 6.45) is 19.0. The molecule has 1 aliphatic heterocycles. The van der Waals surface area contributed by atoms with E-state index in [1.165, 1.54) is 16.2 Å². The molecule has 6 nitrogen and oxygen atoms in total. The zero-order valence-electron chi connectivity index (χ0n) is 22.5. The van der Waals surface area contributed by atoms with Crippen LogP contribution in [0.5, 0.6) is 0 Å². The van der Waals surface area contributed by atoms with Gasteiger partial charge in [0.1, 0.15) is 6.29 Å². The third-order valence-corrected chi connectivity index (χ3v) is 7.01. The molecule has 0 bridgehead atoms. The van der Waals surface area contributed by atoms with E-state index in [1.54, 1.807) is 24.5 Å². The Balaban J connectivity index is 2.03. The van der Waals surface area contributed by atoms with Crippen molar-refractivity contribution in [1.82, 2.24) is 14.5 Å². The molecule has 1 saturated heterocycles. The number of nitrogens with zero attached hydrogens (tertiary/aromatic N) is 3. The molecule has 2 rings (SSSR count). The molecule has 1 aliphatic rings. The van der Waals surface area contributed by atoms with Crippen LogP contribution in [0.3, 0.4) is 0 Å². The zero-order chi connectivity index (χ0) is 26.7. The molecule has 0 spiro atoms. The smallest absolute Gasteiger partial charge is 0.297 e. The second-order valence-electron chi connectivity index (χ2n) is 10.1. The molecule has 1 N–H and O–H groups in total. The van der Waals surface area contributed by atoms with Crippen molar-refractivity contribution in [3.05, 3.63) is 89.6 Å². The number of likely N-dealkylation sites (tertiary alicyclic amines) is 1. The lowest BCUT2D eigenvalue weighted by molar-refractivity contribution is -0.104. The molecule has 2 heterocycles. The van der Waals surface area contributed by atoms with Crippen LogP contribution in [0.4, 0.5) is 5.82 Å². The molecule has 0 saturated carbocycles. The predicted molar refractivity (Wildman–Crippen MR) is 152 cm³/mol. The highest BCUT2D eigenvalue weighted by Gasteiger charge is 2.31. The Hall–Kier alpha value is -3.25. The van der Waals surface area contributed by atoms with Gasteiger partial charge in [-0.2, -0.15) is 0 Å². The van der Waals surface area contributed by atoms with Gasteiger partial charge in [-0.1, -0.05) is 64.3 Å². The standard InChI is InChI=1S/C30H42N4O2/c1-8-11-26(12-9-2)24(5)30(6,7)22-33-18-15-27(16-19-33)32-28-29(36)34(20-17-31-28)23(4)13-14-25(10-3)21-35/h8-14,17,20-21,24,27H,1,3,15-16,18-19,22H2,2,4-7H3,(H,31,32)/b12-9-,23-13+,25-14+,26-11+. The lowest BCUT2D eigenvalue weighted by atomic mass is 9.74. The first-order chi connectivity index (χ1) is 17.2. The van der Waals surface area contributed by atoms with E-state index in [9.17, 15) is 9.59 Å². The van der Waals surface area contributed by atoms with Gasteiger partial charge in [-0.15, -0.1) is 0 Å². The fraction of sp³-hybridized carbons (Fsp3) is 0.433. The Labute approximate surface area is 216 Å². The molecular weight excluding hydrogens is 448 g/mol. The van der Waals surface area contributed by atoms with Crippen LogP contribution in [-0.4, -0.2) is 46.4 Å². The molecule has 1 aromatic rings. The van der Waals surface area contributed by atoms with Crippen molar-refractivity contribution >= 4 is 17.8 Å². The number of rotatable bonds is 12. The first-order valence-electron chi connectivity index (χ1n) is 12.6.